The normalized spacial score (nSPS) is 14.4. The van der Waals surface area contributed by atoms with Crippen molar-refractivity contribution in [2.24, 2.45) is 4.99 Å². The number of anilines is 2. The number of hydrogen-bond acceptors (Lipinski definition) is 17. The van der Waals surface area contributed by atoms with Gasteiger partial charge in [-0.15, -0.1) is 21.5 Å². The Hall–Kier alpha value is -5.91. The summed E-state index contributed by atoms with van der Waals surface area (Å²) in [4.78, 5) is 33.2. The zero-order valence-corrected chi connectivity index (χ0v) is 46.6. The lowest BCUT2D eigenvalue weighted by atomic mass is 9.96. The molecule has 1 atom stereocenters. The van der Waals surface area contributed by atoms with Gasteiger partial charge in [0.15, 0.2) is 11.6 Å². The number of phenolic OH excluding ortho intramolecular Hbond substituents is 1. The van der Waals surface area contributed by atoms with Gasteiger partial charge >= 0.3 is 0 Å². The van der Waals surface area contributed by atoms with E-state index in [0.717, 1.165) is 57.1 Å². The van der Waals surface area contributed by atoms with Gasteiger partial charge in [0.05, 0.1) is 96.4 Å². The number of hydrogen-bond donors (Lipinski definition) is 3. The molecule has 3 aromatic heterocycles. The number of benzene rings is 4. The molecule has 1 unspecified atom stereocenters. The average Bonchev–Trinajstić information content (AvgIpc) is 4.13. The monoisotopic (exact) mass is 1130 g/mol. The van der Waals surface area contributed by atoms with Crippen molar-refractivity contribution in [1.29, 1.82) is 0 Å². The summed E-state index contributed by atoms with van der Waals surface area (Å²) in [6.45, 7) is 14.5. The number of carbonyl (C=O) groups is 1. The summed E-state index contributed by atoms with van der Waals surface area (Å²) in [5, 5.41) is 29.6. The number of nitrogens with one attached hydrogen (secondary N) is 2. The second-order valence-electron chi connectivity index (χ2n) is 18.8. The first-order valence-corrected chi connectivity index (χ1v) is 27.7. The SMILES string of the molecule is Cc1sc2c(c1C)C(c1ccc(Cl)cc1)=NC(CC(=O)NCCOCCOCCOCCOCCOCCOCCN(C)c1nc(N3CCNCC3)c3cc(Cl)c(-c4cc(O)cc5ccccc45)c(F)c3n1)c1nnc(C)n1-2. The second-order valence-corrected chi connectivity index (χ2v) is 20.8. The molecule has 9 rings (SSSR count). The first-order valence-electron chi connectivity index (χ1n) is 26.1. The maximum absolute atomic E-state index is 16.9. The minimum atomic E-state index is -0.580. The minimum absolute atomic E-state index is 0.0116. The molecule has 22 heteroatoms. The largest absolute Gasteiger partial charge is 0.508 e. The minimum Gasteiger partial charge on any atom is -0.508 e. The van der Waals surface area contributed by atoms with Crippen LogP contribution < -0.4 is 20.4 Å². The van der Waals surface area contributed by atoms with E-state index >= 15 is 4.39 Å². The van der Waals surface area contributed by atoms with E-state index in [1.165, 1.54) is 10.9 Å². The Morgan fingerprint density at radius 3 is 2.13 bits per heavy atom. The summed E-state index contributed by atoms with van der Waals surface area (Å²) in [5.41, 5.74) is 4.66. The van der Waals surface area contributed by atoms with Crippen LogP contribution in [0.2, 0.25) is 10.0 Å². The number of aliphatic imine (C=N–C) groups is 1. The molecule has 18 nitrogen and oxygen atoms in total. The number of thiophene rings is 1. The Balaban J connectivity index is 0.616. The molecule has 2 aliphatic rings. The Kier molecular flexibility index (Phi) is 19.9. The molecule has 2 aliphatic heterocycles. The molecule has 414 valence electrons. The molecular formula is C56H65Cl2FN10O8S. The van der Waals surface area contributed by atoms with Gasteiger partial charge in [0, 0.05) is 78.3 Å². The zero-order valence-electron chi connectivity index (χ0n) is 44.3. The molecular weight excluding hydrogens is 1060 g/mol. The van der Waals surface area contributed by atoms with Crippen molar-refractivity contribution in [2.75, 3.05) is 135 Å². The number of rotatable bonds is 27. The number of aryl methyl sites for hydroxylation is 2. The van der Waals surface area contributed by atoms with Gasteiger partial charge in [0.1, 0.15) is 34.0 Å². The molecule has 4 aromatic carbocycles. The molecule has 78 heavy (non-hydrogen) atoms. The van der Waals surface area contributed by atoms with Crippen LogP contribution in [0.1, 0.15) is 45.7 Å². The summed E-state index contributed by atoms with van der Waals surface area (Å²) in [6.07, 6.45) is 0.0966. The maximum atomic E-state index is 16.9. The molecule has 0 spiro atoms. The summed E-state index contributed by atoms with van der Waals surface area (Å²) in [5.74, 6) is 1.59. The molecule has 1 saturated heterocycles. The number of aromatic nitrogens is 5. The fraction of sp³-hybridized carbons (Fsp3) is 0.429. The lowest BCUT2D eigenvalue weighted by Gasteiger charge is -2.30. The van der Waals surface area contributed by atoms with Crippen LogP contribution in [0.25, 0.3) is 37.8 Å². The lowest BCUT2D eigenvalue weighted by molar-refractivity contribution is -0.121. The van der Waals surface area contributed by atoms with Gasteiger partial charge in [-0.05, 0) is 73.0 Å². The highest BCUT2D eigenvalue weighted by Crippen LogP contribution is 2.43. The van der Waals surface area contributed by atoms with Crippen molar-refractivity contribution in [3.05, 3.63) is 116 Å². The van der Waals surface area contributed by atoms with E-state index in [2.05, 4.69) is 39.6 Å². The number of phenols is 1. The summed E-state index contributed by atoms with van der Waals surface area (Å²) < 4.78 is 53.0. The number of halogens is 3. The second kappa shape index (κ2) is 27.3. The van der Waals surface area contributed by atoms with E-state index in [9.17, 15) is 9.90 Å². The van der Waals surface area contributed by atoms with E-state index in [0.29, 0.717) is 139 Å². The highest BCUT2D eigenvalue weighted by molar-refractivity contribution is 7.15. The fourth-order valence-electron chi connectivity index (χ4n) is 9.35. The van der Waals surface area contributed by atoms with Gasteiger partial charge in [-0.2, -0.15) is 4.98 Å². The summed E-state index contributed by atoms with van der Waals surface area (Å²) in [7, 11) is 1.85. The summed E-state index contributed by atoms with van der Waals surface area (Å²) >= 11 is 14.8. The van der Waals surface area contributed by atoms with E-state index in [4.69, 9.17) is 66.6 Å². The van der Waals surface area contributed by atoms with Crippen LogP contribution in [0.5, 0.6) is 5.75 Å². The Morgan fingerprint density at radius 2 is 1.45 bits per heavy atom. The van der Waals surface area contributed by atoms with Crippen LogP contribution in [0.15, 0.2) is 71.7 Å². The van der Waals surface area contributed by atoms with E-state index in [1.54, 1.807) is 23.5 Å². The third-order valence-corrected chi connectivity index (χ3v) is 15.2. The molecule has 1 amide bonds. The predicted octanol–water partition coefficient (Wildman–Crippen LogP) is 8.21. The third-order valence-electron chi connectivity index (χ3n) is 13.5. The number of carbonyl (C=O) groups excluding carboxylic acids is 1. The number of amides is 1. The Labute approximate surface area is 466 Å². The van der Waals surface area contributed by atoms with Crippen molar-refractivity contribution >= 4 is 79.6 Å². The van der Waals surface area contributed by atoms with Crippen LogP contribution in [0, 0.1) is 26.6 Å². The van der Waals surface area contributed by atoms with Gasteiger partial charge in [-0.1, -0.05) is 59.6 Å². The van der Waals surface area contributed by atoms with Crippen molar-refractivity contribution in [3.8, 4) is 21.9 Å². The number of nitrogens with zero attached hydrogens (tertiary/aromatic N) is 8. The van der Waals surface area contributed by atoms with E-state index in [-0.39, 0.29) is 34.2 Å². The molecule has 0 aliphatic carbocycles. The number of aromatic hydroxyl groups is 1. The number of fused-ring (bicyclic) bond motifs is 5. The molecule has 3 N–H and O–H groups in total. The molecule has 0 saturated carbocycles. The lowest BCUT2D eigenvalue weighted by Crippen LogP contribution is -2.44. The highest BCUT2D eigenvalue weighted by Gasteiger charge is 2.33. The van der Waals surface area contributed by atoms with E-state index in [1.807, 2.05) is 72.0 Å². The molecule has 0 bridgehead atoms. The standard InChI is InChI=1S/C56H65Cl2FN10O8S/c1-35-36(2)78-55-48(35)51(38-9-11-40(57)12-10-38)62-46(54-66-65-37(3)69(54)55)34-47(71)61-15-19-72-21-23-74-25-27-76-29-30-77-28-26-75-24-22-73-20-18-67(4)56-63-52-44(53(64-56)68-16-13-60-14-17-68)33-45(58)49(50(52)59)43-32-41(70)31-39-7-5-6-8-42(39)43/h5-12,31-33,46,60,70H,13-30,34H2,1-4H3,(H,61,71). The van der Waals surface area contributed by atoms with Crippen LogP contribution in [0.3, 0.4) is 0 Å². The average molecular weight is 1130 g/mol. The van der Waals surface area contributed by atoms with Gasteiger partial charge in [0.25, 0.3) is 0 Å². The number of ether oxygens (including phenoxy) is 6. The molecule has 5 heterocycles. The highest BCUT2D eigenvalue weighted by atomic mass is 35.5. The molecule has 7 aromatic rings. The van der Waals surface area contributed by atoms with Gasteiger partial charge in [-0.25, -0.2) is 9.37 Å². The van der Waals surface area contributed by atoms with Crippen molar-refractivity contribution in [2.45, 2.75) is 33.2 Å². The van der Waals surface area contributed by atoms with E-state index < -0.39 is 11.9 Å². The van der Waals surface area contributed by atoms with Crippen LogP contribution in [-0.4, -0.2) is 167 Å². The van der Waals surface area contributed by atoms with Gasteiger partial charge in [-0.3, -0.25) is 14.4 Å². The fourth-order valence-corrected chi connectivity index (χ4v) is 11.0. The molecule has 1 fully saturated rings. The van der Waals surface area contributed by atoms with Crippen molar-refractivity contribution in [1.82, 2.24) is 35.4 Å². The Bertz CT molecular complexity index is 3210. The zero-order chi connectivity index (χ0) is 54.5. The third kappa shape index (κ3) is 13.7. The first-order chi connectivity index (χ1) is 38.0. The number of likely N-dealkylation sites (N-methyl/N-ethyl adjacent to an activating group) is 1. The maximum Gasteiger partial charge on any atom is 0.227 e. The predicted molar refractivity (Wildman–Crippen MR) is 303 cm³/mol. The first kappa shape index (κ1) is 56.8. The molecule has 0 radical (unpaired) electrons. The van der Waals surface area contributed by atoms with Crippen LogP contribution in [0.4, 0.5) is 16.2 Å². The van der Waals surface area contributed by atoms with Crippen LogP contribution >= 0.6 is 34.5 Å². The van der Waals surface area contributed by atoms with Gasteiger partial charge in [0.2, 0.25) is 11.9 Å². The van der Waals surface area contributed by atoms with Gasteiger partial charge < -0.3 is 54.0 Å². The van der Waals surface area contributed by atoms with Crippen molar-refractivity contribution < 1.29 is 42.7 Å². The topological polar surface area (TPSA) is 192 Å². The van der Waals surface area contributed by atoms with Crippen LogP contribution in [-0.2, 0) is 33.2 Å². The Morgan fingerprint density at radius 1 is 0.808 bits per heavy atom. The van der Waals surface area contributed by atoms with Crippen molar-refractivity contribution in [3.63, 3.8) is 0 Å². The summed E-state index contributed by atoms with van der Waals surface area (Å²) in [6, 6.07) is 19.4. The quantitative estimate of drug-likeness (QED) is 0.0417. The smallest absolute Gasteiger partial charge is 0.227 e. The number of piperazine rings is 1.